The molecule has 60 heavy (non-hydrogen) atoms. The SMILES string of the molecule is C[C@H](NC[C@H](Cc1ccccn1)NC(=O)c1cc(C(=O)N[C@H](C)c2ccc(Br)cc2)cc(N(C)S(=O)(=O)Cc2ccc(Br)cc2)c1)C(=O)N[C@H](C)c1ccc([N+](=O)[O-])cc1. The smallest absolute Gasteiger partial charge is 0.269 e. The summed E-state index contributed by atoms with van der Waals surface area (Å²) in [5, 5.41) is 23.1. The number of benzene rings is 4. The summed E-state index contributed by atoms with van der Waals surface area (Å²) in [6.45, 7) is 5.39. The van der Waals surface area contributed by atoms with E-state index < -0.39 is 50.9 Å². The molecule has 314 valence electrons. The zero-order chi connectivity index (χ0) is 43.6. The molecule has 4 N–H and O–H groups in total. The average Bonchev–Trinajstić information content (AvgIpc) is 3.23. The first-order valence-electron chi connectivity index (χ1n) is 18.9. The highest BCUT2D eigenvalue weighted by Gasteiger charge is 2.25. The van der Waals surface area contributed by atoms with Gasteiger partial charge in [-0.05, 0) is 92.1 Å². The fourth-order valence-electron chi connectivity index (χ4n) is 6.15. The number of aromatic nitrogens is 1. The van der Waals surface area contributed by atoms with Crippen molar-refractivity contribution in [1.82, 2.24) is 26.3 Å². The van der Waals surface area contributed by atoms with Crippen LogP contribution in [0, 0.1) is 10.1 Å². The Bertz CT molecular complexity index is 2410. The molecule has 0 aliphatic carbocycles. The van der Waals surface area contributed by atoms with Crippen LogP contribution < -0.4 is 25.6 Å². The number of nitrogens with one attached hydrogen (secondary N) is 4. The standard InChI is InChI=1S/C43H45Br2N7O7S/c1-27(32-12-18-39(19-13-32)52(56)57)48-41(53)29(3)47-25-38(24-37-7-5-6-20-46-37)50-43(55)34-21-33(42(54)49-28(2)31-10-16-36(45)17-11-31)22-40(23-34)51(4)60(58,59)26-30-8-14-35(44)15-9-30/h5-23,27-29,38,47H,24-26H2,1-4H3,(H,48,53)(H,49,54)(H,50,55)/t27-,28-,29+,38+/m1/s1. The molecule has 0 bridgehead atoms. The lowest BCUT2D eigenvalue weighted by Gasteiger charge is -2.24. The van der Waals surface area contributed by atoms with Crippen LogP contribution in [0.3, 0.4) is 0 Å². The van der Waals surface area contributed by atoms with E-state index in [1.54, 1.807) is 62.5 Å². The van der Waals surface area contributed by atoms with Gasteiger partial charge in [-0.3, -0.25) is 33.8 Å². The van der Waals surface area contributed by atoms with E-state index >= 15 is 0 Å². The van der Waals surface area contributed by atoms with E-state index in [9.17, 15) is 32.9 Å². The molecule has 1 aromatic heterocycles. The van der Waals surface area contributed by atoms with Crippen molar-refractivity contribution in [2.75, 3.05) is 17.9 Å². The molecule has 3 amide bonds. The number of pyridine rings is 1. The molecule has 0 unspecified atom stereocenters. The third-order valence-corrected chi connectivity index (χ3v) is 12.5. The number of non-ortho nitro benzene ring substituents is 1. The molecule has 4 aromatic carbocycles. The second kappa shape index (κ2) is 20.7. The predicted molar refractivity (Wildman–Crippen MR) is 238 cm³/mol. The summed E-state index contributed by atoms with van der Waals surface area (Å²) in [5.74, 6) is -1.77. The zero-order valence-corrected chi connectivity index (χ0v) is 37.3. The lowest BCUT2D eigenvalue weighted by atomic mass is 10.0. The van der Waals surface area contributed by atoms with Crippen molar-refractivity contribution in [3.63, 3.8) is 0 Å². The van der Waals surface area contributed by atoms with Crippen molar-refractivity contribution in [2.45, 2.75) is 57.1 Å². The number of nitrogens with zero attached hydrogens (tertiary/aromatic N) is 3. The van der Waals surface area contributed by atoms with Crippen LogP contribution in [-0.2, 0) is 27.0 Å². The molecule has 0 saturated heterocycles. The molecule has 5 rings (SSSR count). The lowest BCUT2D eigenvalue weighted by molar-refractivity contribution is -0.384. The van der Waals surface area contributed by atoms with Gasteiger partial charge in [-0.2, -0.15) is 0 Å². The maximum absolute atomic E-state index is 14.2. The number of nitro groups is 1. The van der Waals surface area contributed by atoms with E-state index in [1.165, 1.54) is 37.4 Å². The molecule has 17 heteroatoms. The molecular formula is C43H45Br2N7O7S. The van der Waals surface area contributed by atoms with Crippen molar-refractivity contribution in [3.05, 3.63) is 168 Å². The quantitative estimate of drug-likeness (QED) is 0.0521. The van der Waals surface area contributed by atoms with Gasteiger partial charge in [0.15, 0.2) is 0 Å². The van der Waals surface area contributed by atoms with Crippen LogP contribution >= 0.6 is 31.9 Å². The Labute approximate surface area is 366 Å². The number of carbonyl (C=O) groups is 3. The molecule has 4 atom stereocenters. The van der Waals surface area contributed by atoms with E-state index in [0.29, 0.717) is 16.8 Å². The summed E-state index contributed by atoms with van der Waals surface area (Å²) >= 11 is 6.79. The largest absolute Gasteiger partial charge is 0.348 e. The van der Waals surface area contributed by atoms with Crippen LogP contribution in [0.5, 0.6) is 0 Å². The summed E-state index contributed by atoms with van der Waals surface area (Å²) in [6, 6.07) is 27.7. The summed E-state index contributed by atoms with van der Waals surface area (Å²) < 4.78 is 30.2. The fourth-order valence-corrected chi connectivity index (χ4v) is 7.91. The van der Waals surface area contributed by atoms with Gasteiger partial charge in [-0.15, -0.1) is 0 Å². The molecule has 5 aromatic rings. The zero-order valence-electron chi connectivity index (χ0n) is 33.3. The fraction of sp³-hybridized carbons (Fsp3) is 0.256. The second-order valence-electron chi connectivity index (χ2n) is 14.3. The second-order valence-corrected chi connectivity index (χ2v) is 18.1. The molecule has 0 aliphatic rings. The van der Waals surface area contributed by atoms with Crippen molar-refractivity contribution in [2.24, 2.45) is 0 Å². The van der Waals surface area contributed by atoms with Crippen LogP contribution in [0.25, 0.3) is 0 Å². The Morgan fingerprint density at radius 1 is 0.767 bits per heavy atom. The summed E-state index contributed by atoms with van der Waals surface area (Å²) in [4.78, 5) is 56.2. The van der Waals surface area contributed by atoms with Crippen LogP contribution in [0.4, 0.5) is 11.4 Å². The first-order valence-corrected chi connectivity index (χ1v) is 22.1. The number of rotatable bonds is 18. The molecule has 0 fully saturated rings. The number of hydrogen-bond acceptors (Lipinski definition) is 9. The van der Waals surface area contributed by atoms with Gasteiger partial charge in [-0.1, -0.05) is 74.3 Å². The van der Waals surface area contributed by atoms with Gasteiger partial charge in [0.1, 0.15) is 0 Å². The third-order valence-electron chi connectivity index (χ3n) is 9.75. The Kier molecular flexibility index (Phi) is 15.7. The summed E-state index contributed by atoms with van der Waals surface area (Å²) in [6.07, 6.45) is 1.90. The molecule has 0 aliphatic heterocycles. The summed E-state index contributed by atoms with van der Waals surface area (Å²) in [7, 11) is -2.61. The van der Waals surface area contributed by atoms with Crippen LogP contribution in [0.1, 0.15) is 76.0 Å². The molecule has 0 radical (unpaired) electrons. The predicted octanol–water partition coefficient (Wildman–Crippen LogP) is 7.17. The van der Waals surface area contributed by atoms with Gasteiger partial charge in [0.25, 0.3) is 17.5 Å². The molecule has 0 spiro atoms. The molecular weight excluding hydrogens is 918 g/mol. The Morgan fingerprint density at radius 2 is 1.32 bits per heavy atom. The van der Waals surface area contributed by atoms with Gasteiger partial charge in [0, 0.05) is 70.2 Å². The molecule has 1 heterocycles. The Balaban J connectivity index is 1.38. The third kappa shape index (κ3) is 12.8. The monoisotopic (exact) mass is 961 g/mol. The first kappa shape index (κ1) is 45.6. The number of nitro benzene ring substituents is 1. The van der Waals surface area contributed by atoms with Crippen LogP contribution in [0.15, 0.2) is 124 Å². The molecule has 14 nitrogen and oxygen atoms in total. The maximum Gasteiger partial charge on any atom is 0.269 e. The lowest BCUT2D eigenvalue weighted by Crippen LogP contribution is -2.50. The highest BCUT2D eigenvalue weighted by molar-refractivity contribution is 9.10. The van der Waals surface area contributed by atoms with Crippen molar-refractivity contribution in [3.8, 4) is 0 Å². The topological polar surface area (TPSA) is 193 Å². The van der Waals surface area contributed by atoms with Gasteiger partial charge >= 0.3 is 0 Å². The van der Waals surface area contributed by atoms with E-state index in [4.69, 9.17) is 0 Å². The number of sulfonamides is 1. The van der Waals surface area contributed by atoms with Crippen LogP contribution in [0.2, 0.25) is 0 Å². The number of carbonyl (C=O) groups excluding carboxylic acids is 3. The van der Waals surface area contributed by atoms with Gasteiger partial charge in [0.05, 0.1) is 34.5 Å². The normalized spacial score (nSPS) is 13.3. The Hall–Kier alpha value is -5.49. The highest BCUT2D eigenvalue weighted by Crippen LogP contribution is 2.25. The Morgan fingerprint density at radius 3 is 1.88 bits per heavy atom. The van der Waals surface area contributed by atoms with Crippen LogP contribution in [-0.4, -0.2) is 61.7 Å². The van der Waals surface area contributed by atoms with E-state index in [1.807, 2.05) is 43.3 Å². The number of amides is 3. The molecule has 0 saturated carbocycles. The van der Waals surface area contributed by atoms with Gasteiger partial charge < -0.3 is 21.3 Å². The van der Waals surface area contributed by atoms with Gasteiger partial charge in [0.2, 0.25) is 15.9 Å². The highest BCUT2D eigenvalue weighted by atomic mass is 79.9. The van der Waals surface area contributed by atoms with Gasteiger partial charge in [-0.25, -0.2) is 8.42 Å². The van der Waals surface area contributed by atoms with E-state index in [2.05, 4.69) is 58.1 Å². The first-order chi connectivity index (χ1) is 28.5. The van der Waals surface area contributed by atoms with Crippen molar-refractivity contribution < 1.29 is 27.7 Å². The minimum Gasteiger partial charge on any atom is -0.348 e. The number of anilines is 1. The van der Waals surface area contributed by atoms with Crippen molar-refractivity contribution >= 4 is 71.0 Å². The minimum atomic E-state index is -3.99. The van der Waals surface area contributed by atoms with E-state index in [0.717, 1.165) is 18.8 Å². The average molecular weight is 964 g/mol. The van der Waals surface area contributed by atoms with Crippen molar-refractivity contribution in [1.29, 1.82) is 0 Å². The number of hydrogen-bond donors (Lipinski definition) is 4. The summed E-state index contributed by atoms with van der Waals surface area (Å²) in [5.41, 5.74) is 2.90. The maximum atomic E-state index is 14.2. The number of halogens is 2. The minimum absolute atomic E-state index is 0.0355. The van der Waals surface area contributed by atoms with E-state index in [-0.39, 0.29) is 47.1 Å².